The molecule has 0 fully saturated rings. The summed E-state index contributed by atoms with van der Waals surface area (Å²) >= 11 is 0. The molecule has 0 aromatic heterocycles. The zero-order valence-electron chi connectivity index (χ0n) is 9.41. The minimum atomic E-state index is -0.308. The summed E-state index contributed by atoms with van der Waals surface area (Å²) in [5, 5.41) is 0. The van der Waals surface area contributed by atoms with Gasteiger partial charge in [-0.15, -0.1) is 6.42 Å². The van der Waals surface area contributed by atoms with Crippen molar-refractivity contribution >= 4 is 0 Å². The molecule has 0 heterocycles. The van der Waals surface area contributed by atoms with Crippen LogP contribution in [0, 0.1) is 18.2 Å². The van der Waals surface area contributed by atoms with E-state index in [0.717, 1.165) is 11.1 Å². The van der Waals surface area contributed by atoms with Crippen molar-refractivity contribution in [2.24, 2.45) is 0 Å². The molecule has 1 nitrogen and oxygen atoms in total. The van der Waals surface area contributed by atoms with E-state index in [0.29, 0.717) is 11.3 Å². The smallest absolute Gasteiger partial charge is 0.134 e. The van der Waals surface area contributed by atoms with E-state index >= 15 is 0 Å². The van der Waals surface area contributed by atoms with Crippen LogP contribution in [0.4, 0.5) is 4.39 Å². The number of terminal acetylenes is 1. The van der Waals surface area contributed by atoms with Gasteiger partial charge in [-0.3, -0.25) is 0 Å². The van der Waals surface area contributed by atoms with Gasteiger partial charge in [-0.05, 0) is 29.8 Å². The molecule has 0 saturated carbocycles. The number of hydrogen-bond acceptors (Lipinski definition) is 1. The van der Waals surface area contributed by atoms with Crippen LogP contribution in [-0.4, -0.2) is 7.11 Å². The molecule has 2 heteroatoms. The van der Waals surface area contributed by atoms with Crippen molar-refractivity contribution in [1.29, 1.82) is 0 Å². The van der Waals surface area contributed by atoms with Gasteiger partial charge in [0.05, 0.1) is 7.11 Å². The van der Waals surface area contributed by atoms with Crippen molar-refractivity contribution in [3.8, 4) is 29.2 Å². The first kappa shape index (κ1) is 11.2. The first-order valence-electron chi connectivity index (χ1n) is 5.15. The van der Waals surface area contributed by atoms with Crippen LogP contribution < -0.4 is 4.74 Å². The fraction of sp³-hybridized carbons (Fsp3) is 0.0667. The first-order valence-corrected chi connectivity index (χ1v) is 5.15. The van der Waals surface area contributed by atoms with E-state index in [9.17, 15) is 4.39 Å². The van der Waals surface area contributed by atoms with E-state index in [1.807, 2.05) is 0 Å². The Morgan fingerprint density at radius 1 is 1.12 bits per heavy atom. The lowest BCUT2D eigenvalue weighted by Crippen LogP contribution is -1.88. The third-order valence-electron chi connectivity index (χ3n) is 2.54. The molecule has 0 atom stereocenters. The largest absolute Gasteiger partial charge is 0.497 e. The van der Waals surface area contributed by atoms with Gasteiger partial charge < -0.3 is 4.74 Å². The molecule has 0 aliphatic rings. The molecular formula is C15H11FO. The Balaban J connectivity index is 2.42. The third-order valence-corrected chi connectivity index (χ3v) is 2.54. The van der Waals surface area contributed by atoms with Gasteiger partial charge in [0.2, 0.25) is 0 Å². The molecule has 2 rings (SSSR count). The Kier molecular flexibility index (Phi) is 3.11. The maximum atomic E-state index is 13.8. The summed E-state index contributed by atoms with van der Waals surface area (Å²) in [6.45, 7) is 0. The molecule has 17 heavy (non-hydrogen) atoms. The van der Waals surface area contributed by atoms with Crippen LogP contribution in [-0.2, 0) is 0 Å². The standard InChI is InChI=1S/C15H11FO/c1-3-11-4-6-12(7-5-11)14-9-8-13(17-2)10-15(14)16/h1,4-10H,2H3. The van der Waals surface area contributed by atoms with E-state index in [4.69, 9.17) is 11.2 Å². The molecule has 0 amide bonds. The van der Waals surface area contributed by atoms with Gasteiger partial charge >= 0.3 is 0 Å². The van der Waals surface area contributed by atoms with E-state index < -0.39 is 0 Å². The Hall–Kier alpha value is -2.27. The average molecular weight is 226 g/mol. The highest BCUT2D eigenvalue weighted by molar-refractivity contribution is 5.65. The van der Waals surface area contributed by atoms with Gasteiger partial charge in [0.25, 0.3) is 0 Å². The van der Waals surface area contributed by atoms with Crippen molar-refractivity contribution in [1.82, 2.24) is 0 Å². The van der Waals surface area contributed by atoms with Crippen molar-refractivity contribution in [2.45, 2.75) is 0 Å². The van der Waals surface area contributed by atoms with Crippen molar-refractivity contribution < 1.29 is 9.13 Å². The molecule has 2 aromatic rings. The number of ether oxygens (including phenoxy) is 1. The predicted molar refractivity (Wildman–Crippen MR) is 66.3 cm³/mol. The van der Waals surface area contributed by atoms with Crippen LogP contribution in [0.25, 0.3) is 11.1 Å². The molecule has 0 spiro atoms. The van der Waals surface area contributed by atoms with Crippen molar-refractivity contribution in [3.63, 3.8) is 0 Å². The zero-order valence-corrected chi connectivity index (χ0v) is 9.41. The van der Waals surface area contributed by atoms with Crippen molar-refractivity contribution in [3.05, 3.63) is 53.8 Å². The molecule has 0 saturated heterocycles. The van der Waals surface area contributed by atoms with Crippen LogP contribution >= 0.6 is 0 Å². The van der Waals surface area contributed by atoms with Gasteiger partial charge in [0.1, 0.15) is 11.6 Å². The molecule has 0 aliphatic heterocycles. The molecular weight excluding hydrogens is 215 g/mol. The summed E-state index contributed by atoms with van der Waals surface area (Å²) in [4.78, 5) is 0. The fourth-order valence-electron chi connectivity index (χ4n) is 1.60. The fourth-order valence-corrected chi connectivity index (χ4v) is 1.60. The summed E-state index contributed by atoms with van der Waals surface area (Å²) in [5.74, 6) is 2.72. The normalized spacial score (nSPS) is 9.71. The summed E-state index contributed by atoms with van der Waals surface area (Å²) in [6, 6.07) is 12.0. The minimum Gasteiger partial charge on any atom is -0.497 e. The number of hydrogen-bond donors (Lipinski definition) is 0. The lowest BCUT2D eigenvalue weighted by atomic mass is 10.0. The predicted octanol–water partition coefficient (Wildman–Crippen LogP) is 3.48. The summed E-state index contributed by atoms with van der Waals surface area (Å²) in [7, 11) is 1.51. The highest BCUT2D eigenvalue weighted by atomic mass is 19.1. The highest BCUT2D eigenvalue weighted by Gasteiger charge is 2.06. The van der Waals surface area contributed by atoms with Gasteiger partial charge in [0, 0.05) is 17.2 Å². The molecule has 0 aliphatic carbocycles. The molecule has 0 radical (unpaired) electrons. The van der Waals surface area contributed by atoms with Crippen molar-refractivity contribution in [2.75, 3.05) is 7.11 Å². The Morgan fingerprint density at radius 2 is 1.82 bits per heavy atom. The lowest BCUT2D eigenvalue weighted by molar-refractivity contribution is 0.411. The Bertz CT molecular complexity index is 564. The van der Waals surface area contributed by atoms with Crippen LogP contribution in [0.2, 0.25) is 0 Å². The van der Waals surface area contributed by atoms with E-state index in [-0.39, 0.29) is 5.82 Å². The average Bonchev–Trinajstić information content (AvgIpc) is 2.39. The van der Waals surface area contributed by atoms with E-state index in [2.05, 4.69) is 5.92 Å². The number of rotatable bonds is 2. The van der Waals surface area contributed by atoms with Gasteiger partial charge in [-0.1, -0.05) is 18.1 Å². The second-order valence-corrected chi connectivity index (χ2v) is 3.57. The summed E-state index contributed by atoms with van der Waals surface area (Å²) in [6.07, 6.45) is 5.27. The second-order valence-electron chi connectivity index (χ2n) is 3.57. The zero-order chi connectivity index (χ0) is 12.3. The number of methoxy groups -OCH3 is 1. The van der Waals surface area contributed by atoms with Gasteiger partial charge in [0.15, 0.2) is 0 Å². The van der Waals surface area contributed by atoms with Gasteiger partial charge in [-0.25, -0.2) is 4.39 Å². The lowest BCUT2D eigenvalue weighted by Gasteiger charge is -2.06. The summed E-state index contributed by atoms with van der Waals surface area (Å²) < 4.78 is 18.7. The van der Waals surface area contributed by atoms with Crippen LogP contribution in [0.15, 0.2) is 42.5 Å². The maximum Gasteiger partial charge on any atom is 0.134 e. The monoisotopic (exact) mass is 226 g/mol. The molecule has 0 N–H and O–H groups in total. The maximum absolute atomic E-state index is 13.8. The molecule has 0 unspecified atom stereocenters. The minimum absolute atomic E-state index is 0.308. The first-order chi connectivity index (χ1) is 8.24. The number of benzene rings is 2. The Morgan fingerprint density at radius 3 is 2.35 bits per heavy atom. The van der Waals surface area contributed by atoms with E-state index in [1.165, 1.54) is 13.2 Å². The van der Waals surface area contributed by atoms with Crippen LogP contribution in [0.3, 0.4) is 0 Å². The van der Waals surface area contributed by atoms with E-state index in [1.54, 1.807) is 36.4 Å². The highest BCUT2D eigenvalue weighted by Crippen LogP contribution is 2.26. The summed E-state index contributed by atoms with van der Waals surface area (Å²) in [5.41, 5.74) is 2.11. The van der Waals surface area contributed by atoms with Gasteiger partial charge in [-0.2, -0.15) is 0 Å². The Labute approximate surface area is 99.9 Å². The van der Waals surface area contributed by atoms with Crippen LogP contribution in [0.1, 0.15) is 5.56 Å². The SMILES string of the molecule is C#Cc1ccc(-c2ccc(OC)cc2F)cc1. The molecule has 84 valence electrons. The number of halogens is 1. The molecule has 0 bridgehead atoms. The molecule has 2 aromatic carbocycles. The quantitative estimate of drug-likeness (QED) is 0.712. The third kappa shape index (κ3) is 2.29. The topological polar surface area (TPSA) is 9.23 Å². The second kappa shape index (κ2) is 4.71. The van der Waals surface area contributed by atoms with Crippen LogP contribution in [0.5, 0.6) is 5.75 Å².